The zero-order valence-corrected chi connectivity index (χ0v) is 14.8. The molecule has 0 unspecified atom stereocenters. The van der Waals surface area contributed by atoms with Crippen molar-refractivity contribution in [1.82, 2.24) is 4.90 Å². The van der Waals surface area contributed by atoms with E-state index in [0.717, 1.165) is 51.1 Å². The van der Waals surface area contributed by atoms with Crippen LogP contribution in [0.1, 0.15) is 36.0 Å². The standard InChI is InChI=1S/C22H27NO2/c24-22(17-25-21-11-5-9-19-8-4-10-20(19)21)12-14-23(15-13-22)16-18-6-2-1-3-7-18/h1-3,5-7,9,11,24H,4,8,10,12-17H2. The van der Waals surface area contributed by atoms with Crippen LogP contribution in [0.4, 0.5) is 0 Å². The molecule has 0 aromatic heterocycles. The lowest BCUT2D eigenvalue weighted by molar-refractivity contribution is -0.0538. The van der Waals surface area contributed by atoms with Gasteiger partial charge in [-0.05, 0) is 54.9 Å². The molecule has 1 fully saturated rings. The van der Waals surface area contributed by atoms with E-state index < -0.39 is 5.60 Å². The molecule has 132 valence electrons. The van der Waals surface area contributed by atoms with Crippen LogP contribution < -0.4 is 4.74 Å². The van der Waals surface area contributed by atoms with E-state index in [9.17, 15) is 5.11 Å². The van der Waals surface area contributed by atoms with Crippen LogP contribution in [-0.4, -0.2) is 35.3 Å². The van der Waals surface area contributed by atoms with Gasteiger partial charge in [0.2, 0.25) is 0 Å². The number of benzene rings is 2. The molecule has 1 heterocycles. The number of nitrogens with zero attached hydrogens (tertiary/aromatic N) is 1. The van der Waals surface area contributed by atoms with Crippen LogP contribution >= 0.6 is 0 Å². The Bertz CT molecular complexity index is 705. The van der Waals surface area contributed by atoms with Gasteiger partial charge in [0.25, 0.3) is 0 Å². The number of likely N-dealkylation sites (tertiary alicyclic amines) is 1. The van der Waals surface area contributed by atoms with Crippen molar-refractivity contribution in [3.63, 3.8) is 0 Å². The fraction of sp³-hybridized carbons (Fsp3) is 0.455. The monoisotopic (exact) mass is 337 g/mol. The zero-order valence-electron chi connectivity index (χ0n) is 14.8. The maximum absolute atomic E-state index is 10.9. The summed E-state index contributed by atoms with van der Waals surface area (Å²) in [5.74, 6) is 0.982. The number of hydrogen-bond acceptors (Lipinski definition) is 3. The molecule has 0 atom stereocenters. The summed E-state index contributed by atoms with van der Waals surface area (Å²) >= 11 is 0. The van der Waals surface area contributed by atoms with Gasteiger partial charge in [-0.3, -0.25) is 4.90 Å². The molecule has 0 amide bonds. The van der Waals surface area contributed by atoms with Gasteiger partial charge in [0.1, 0.15) is 18.0 Å². The van der Waals surface area contributed by atoms with Gasteiger partial charge in [-0.1, -0.05) is 42.5 Å². The quantitative estimate of drug-likeness (QED) is 0.905. The predicted molar refractivity (Wildman–Crippen MR) is 99.9 cm³/mol. The van der Waals surface area contributed by atoms with E-state index in [1.807, 2.05) is 0 Å². The van der Waals surface area contributed by atoms with Gasteiger partial charge in [0.05, 0.1) is 0 Å². The summed E-state index contributed by atoms with van der Waals surface area (Å²) in [5.41, 5.74) is 3.41. The van der Waals surface area contributed by atoms with Crippen molar-refractivity contribution in [1.29, 1.82) is 0 Å². The summed E-state index contributed by atoms with van der Waals surface area (Å²) in [6, 6.07) is 16.9. The van der Waals surface area contributed by atoms with Crippen molar-refractivity contribution in [3.8, 4) is 5.75 Å². The molecule has 0 spiro atoms. The summed E-state index contributed by atoms with van der Waals surface area (Å²) in [7, 11) is 0. The van der Waals surface area contributed by atoms with Crippen LogP contribution in [0.3, 0.4) is 0 Å². The average molecular weight is 337 g/mol. The van der Waals surface area contributed by atoms with Crippen LogP contribution in [0.15, 0.2) is 48.5 Å². The molecular weight excluding hydrogens is 310 g/mol. The Morgan fingerprint density at radius 3 is 2.56 bits per heavy atom. The highest BCUT2D eigenvalue weighted by atomic mass is 16.5. The van der Waals surface area contributed by atoms with E-state index in [-0.39, 0.29) is 0 Å². The normalized spacial score (nSPS) is 19.6. The van der Waals surface area contributed by atoms with Gasteiger partial charge < -0.3 is 9.84 Å². The molecule has 3 heteroatoms. The number of rotatable bonds is 5. The van der Waals surface area contributed by atoms with Crippen molar-refractivity contribution in [3.05, 3.63) is 65.2 Å². The highest BCUT2D eigenvalue weighted by Gasteiger charge is 2.33. The Labute approximate surface area is 150 Å². The molecule has 1 saturated heterocycles. The number of aliphatic hydroxyl groups is 1. The molecule has 4 rings (SSSR count). The molecule has 1 aliphatic heterocycles. The van der Waals surface area contributed by atoms with Crippen LogP contribution in [0.5, 0.6) is 5.75 Å². The van der Waals surface area contributed by atoms with E-state index in [4.69, 9.17) is 4.74 Å². The van der Waals surface area contributed by atoms with Crippen molar-refractivity contribution in [2.75, 3.05) is 19.7 Å². The second-order valence-corrected chi connectivity index (χ2v) is 7.52. The lowest BCUT2D eigenvalue weighted by atomic mass is 9.92. The van der Waals surface area contributed by atoms with Gasteiger partial charge in [0.15, 0.2) is 0 Å². The summed E-state index contributed by atoms with van der Waals surface area (Å²) in [6.45, 7) is 3.20. The van der Waals surface area contributed by atoms with E-state index >= 15 is 0 Å². The molecule has 0 bridgehead atoms. The Hall–Kier alpha value is -1.84. The molecule has 2 aromatic rings. The minimum absolute atomic E-state index is 0.405. The first-order chi connectivity index (χ1) is 12.2. The van der Waals surface area contributed by atoms with Gasteiger partial charge in [0, 0.05) is 19.6 Å². The second-order valence-electron chi connectivity index (χ2n) is 7.52. The molecular formula is C22H27NO2. The molecule has 0 radical (unpaired) electrons. The molecule has 1 aliphatic carbocycles. The van der Waals surface area contributed by atoms with E-state index in [1.165, 1.54) is 23.1 Å². The summed E-state index contributed by atoms with van der Waals surface area (Å²) < 4.78 is 6.08. The summed E-state index contributed by atoms with van der Waals surface area (Å²) in [4.78, 5) is 2.42. The lowest BCUT2D eigenvalue weighted by Gasteiger charge is -2.38. The van der Waals surface area contributed by atoms with Crippen LogP contribution in [-0.2, 0) is 19.4 Å². The molecule has 2 aromatic carbocycles. The molecule has 2 aliphatic rings. The van der Waals surface area contributed by atoms with Crippen LogP contribution in [0.2, 0.25) is 0 Å². The van der Waals surface area contributed by atoms with Gasteiger partial charge in [-0.2, -0.15) is 0 Å². The van der Waals surface area contributed by atoms with Gasteiger partial charge >= 0.3 is 0 Å². The zero-order chi connectivity index (χ0) is 17.1. The Morgan fingerprint density at radius 1 is 0.960 bits per heavy atom. The number of fused-ring (bicyclic) bond motifs is 1. The number of piperidine rings is 1. The first-order valence-corrected chi connectivity index (χ1v) is 9.44. The van der Waals surface area contributed by atoms with E-state index in [0.29, 0.717) is 6.61 Å². The fourth-order valence-electron chi connectivity index (χ4n) is 4.05. The fourth-order valence-corrected chi connectivity index (χ4v) is 4.05. The molecule has 1 N–H and O–H groups in total. The van der Waals surface area contributed by atoms with E-state index in [2.05, 4.69) is 53.4 Å². The third-order valence-corrected chi connectivity index (χ3v) is 5.64. The highest BCUT2D eigenvalue weighted by molar-refractivity contribution is 5.43. The Kier molecular flexibility index (Phi) is 4.78. The maximum Gasteiger partial charge on any atom is 0.122 e. The highest BCUT2D eigenvalue weighted by Crippen LogP contribution is 2.32. The van der Waals surface area contributed by atoms with Crippen molar-refractivity contribution in [2.45, 2.75) is 44.2 Å². The van der Waals surface area contributed by atoms with Crippen molar-refractivity contribution >= 4 is 0 Å². The number of hydrogen-bond donors (Lipinski definition) is 1. The Morgan fingerprint density at radius 2 is 1.76 bits per heavy atom. The average Bonchev–Trinajstić information content (AvgIpc) is 3.12. The maximum atomic E-state index is 10.9. The molecule has 25 heavy (non-hydrogen) atoms. The summed E-state index contributed by atoms with van der Waals surface area (Å²) in [6.07, 6.45) is 5.03. The minimum atomic E-state index is -0.700. The minimum Gasteiger partial charge on any atom is -0.490 e. The van der Waals surface area contributed by atoms with Crippen molar-refractivity contribution in [2.24, 2.45) is 0 Å². The predicted octanol–water partition coefficient (Wildman–Crippen LogP) is 3.58. The third kappa shape index (κ3) is 3.88. The van der Waals surface area contributed by atoms with Crippen molar-refractivity contribution < 1.29 is 9.84 Å². The van der Waals surface area contributed by atoms with Gasteiger partial charge in [-0.15, -0.1) is 0 Å². The molecule has 3 nitrogen and oxygen atoms in total. The smallest absolute Gasteiger partial charge is 0.122 e. The van der Waals surface area contributed by atoms with Crippen LogP contribution in [0, 0.1) is 0 Å². The Balaban J connectivity index is 1.31. The second kappa shape index (κ2) is 7.19. The largest absolute Gasteiger partial charge is 0.490 e. The SMILES string of the molecule is OC1(COc2cccc3c2CCC3)CCN(Cc2ccccc2)CC1. The van der Waals surface area contributed by atoms with Gasteiger partial charge in [-0.25, -0.2) is 0 Å². The first-order valence-electron chi connectivity index (χ1n) is 9.44. The number of ether oxygens (including phenoxy) is 1. The number of aryl methyl sites for hydroxylation is 1. The summed E-state index contributed by atoms with van der Waals surface area (Å²) in [5, 5.41) is 10.9. The lowest BCUT2D eigenvalue weighted by Crippen LogP contribution is -2.47. The van der Waals surface area contributed by atoms with E-state index in [1.54, 1.807) is 0 Å². The third-order valence-electron chi connectivity index (χ3n) is 5.64. The first kappa shape index (κ1) is 16.6. The van der Waals surface area contributed by atoms with Crippen LogP contribution in [0.25, 0.3) is 0 Å². The molecule has 0 saturated carbocycles. The topological polar surface area (TPSA) is 32.7 Å².